The van der Waals surface area contributed by atoms with Crippen LogP contribution in [0.5, 0.6) is 0 Å². The number of primary amides is 2. The van der Waals surface area contributed by atoms with Crippen molar-refractivity contribution in [2.45, 2.75) is 24.9 Å². The first-order chi connectivity index (χ1) is 8.07. The van der Waals surface area contributed by atoms with E-state index in [1.165, 1.54) is 0 Å². The second-order valence-electron chi connectivity index (χ2n) is 3.19. The number of nitrogens with two attached hydrogens (primary N) is 4. The summed E-state index contributed by atoms with van der Waals surface area (Å²) < 4.78 is 0. The van der Waals surface area contributed by atoms with Gasteiger partial charge in [-0.1, -0.05) is 0 Å². The first kappa shape index (κ1) is 22.7. The van der Waals surface area contributed by atoms with Crippen LogP contribution < -0.4 is 33.1 Å². The predicted octanol–water partition coefficient (Wildman–Crippen LogP) is -6.50. The number of carboxylic acids is 2. The fourth-order valence-electron chi connectivity index (χ4n) is 0.600. The summed E-state index contributed by atoms with van der Waals surface area (Å²) in [6.07, 6.45) is -0.745. The maximum absolute atomic E-state index is 9.97. The largest absolute Gasteiger partial charge is 2.00 e. The molecule has 19 heavy (non-hydrogen) atoms. The number of carbonyl (C=O) groups is 4. The smallest absolute Gasteiger partial charge is 0.548 e. The summed E-state index contributed by atoms with van der Waals surface area (Å²) in [6.45, 7) is 0. The molecule has 0 rings (SSSR count). The molecule has 0 unspecified atom stereocenters. The molecule has 2 atom stereocenters. The van der Waals surface area contributed by atoms with E-state index >= 15 is 0 Å². The minimum absolute atomic E-state index is 0. The molecule has 0 aromatic heterocycles. The minimum Gasteiger partial charge on any atom is -0.548 e. The Kier molecular flexibility index (Phi) is 13.9. The van der Waals surface area contributed by atoms with Crippen LogP contribution in [0.25, 0.3) is 0 Å². The van der Waals surface area contributed by atoms with Gasteiger partial charge < -0.3 is 42.7 Å². The zero-order chi connectivity index (χ0) is 14.9. The average molecular weight is 287 g/mol. The Morgan fingerprint density at radius 1 is 0.789 bits per heavy atom. The third-order valence-electron chi connectivity index (χ3n) is 1.45. The summed E-state index contributed by atoms with van der Waals surface area (Å²) in [5.74, 6) is -4.42. The number of hydrogen-bond acceptors (Lipinski definition) is 8. The third kappa shape index (κ3) is 16.6. The molecule has 0 saturated heterocycles. The molecule has 0 aliphatic rings. The summed E-state index contributed by atoms with van der Waals surface area (Å²) in [7, 11) is 0. The van der Waals surface area contributed by atoms with E-state index in [2.05, 4.69) is 11.5 Å². The maximum Gasteiger partial charge on any atom is 2.00 e. The average Bonchev–Trinajstić information content (AvgIpc) is 2.16. The molecule has 0 aromatic carbocycles. The Morgan fingerprint density at radius 2 is 1.00 bits per heavy atom. The van der Waals surface area contributed by atoms with Crippen LogP contribution in [-0.4, -0.2) is 58.9 Å². The van der Waals surface area contributed by atoms with E-state index in [1.807, 2.05) is 0 Å². The number of aliphatic carboxylic acids is 2. The van der Waals surface area contributed by atoms with Gasteiger partial charge in [-0.15, -0.1) is 0 Å². The van der Waals surface area contributed by atoms with E-state index in [1.54, 1.807) is 0 Å². The van der Waals surface area contributed by atoms with Crippen LogP contribution in [0, 0.1) is 0 Å². The molecule has 10 nitrogen and oxygen atoms in total. The normalized spacial score (nSPS) is 11.9. The van der Waals surface area contributed by atoms with Crippen molar-refractivity contribution in [3.63, 3.8) is 0 Å². The minimum atomic E-state index is -1.46. The van der Waals surface area contributed by atoms with Crippen molar-refractivity contribution < 1.29 is 29.4 Å². The van der Waals surface area contributed by atoms with Gasteiger partial charge in [0.1, 0.15) is 0 Å². The van der Waals surface area contributed by atoms with E-state index in [0.29, 0.717) is 0 Å². The molecule has 8 N–H and O–H groups in total. The first-order valence-electron chi connectivity index (χ1n) is 4.57. The van der Waals surface area contributed by atoms with E-state index in [9.17, 15) is 29.4 Å². The monoisotopic (exact) mass is 286 g/mol. The van der Waals surface area contributed by atoms with Crippen LogP contribution in [-0.2, 0) is 19.2 Å². The SMILES string of the molecule is NC(=O)C[C@H](N)C(=O)[O-].NC(=O)C[C@H](N)C(=O)[O-].[Mg+2]. The number of carboxylic acid groups (broad SMARTS) is 2. The number of hydrogen-bond donors (Lipinski definition) is 4. The zero-order valence-electron chi connectivity index (χ0n) is 10.0. The molecular formula is C8H14MgN4O6. The number of amides is 2. The van der Waals surface area contributed by atoms with Crippen molar-refractivity contribution in [2.24, 2.45) is 22.9 Å². The topological polar surface area (TPSA) is 218 Å². The molecule has 0 bridgehead atoms. The molecule has 104 valence electrons. The predicted molar refractivity (Wildman–Crippen MR) is 59.3 cm³/mol. The molecule has 2 amide bonds. The van der Waals surface area contributed by atoms with Crippen LogP contribution in [0.3, 0.4) is 0 Å². The van der Waals surface area contributed by atoms with Crippen molar-refractivity contribution in [3.8, 4) is 0 Å². The second kappa shape index (κ2) is 11.6. The van der Waals surface area contributed by atoms with Gasteiger partial charge in [0.2, 0.25) is 11.8 Å². The third-order valence-corrected chi connectivity index (χ3v) is 1.45. The van der Waals surface area contributed by atoms with Crippen molar-refractivity contribution in [2.75, 3.05) is 0 Å². The summed E-state index contributed by atoms with van der Waals surface area (Å²) in [4.78, 5) is 39.5. The Bertz CT molecular complexity index is 305. The van der Waals surface area contributed by atoms with E-state index < -0.39 is 35.8 Å². The molecule has 0 spiro atoms. The quantitative estimate of drug-likeness (QED) is 0.343. The van der Waals surface area contributed by atoms with E-state index in [-0.39, 0.29) is 35.9 Å². The second-order valence-corrected chi connectivity index (χ2v) is 3.19. The van der Waals surface area contributed by atoms with Gasteiger partial charge in [0.25, 0.3) is 0 Å². The van der Waals surface area contributed by atoms with Crippen LogP contribution in [0.15, 0.2) is 0 Å². The number of rotatable bonds is 6. The van der Waals surface area contributed by atoms with E-state index in [4.69, 9.17) is 11.5 Å². The summed E-state index contributed by atoms with van der Waals surface area (Å²) in [5, 5.41) is 19.6. The van der Waals surface area contributed by atoms with Crippen molar-refractivity contribution in [1.82, 2.24) is 0 Å². The molecule has 0 aliphatic heterocycles. The molecule has 0 aromatic rings. The van der Waals surface area contributed by atoms with Crippen molar-refractivity contribution >= 4 is 46.8 Å². The van der Waals surface area contributed by atoms with Gasteiger partial charge in [0.15, 0.2) is 0 Å². The summed E-state index contributed by atoms with van der Waals surface area (Å²) in [6, 6.07) is -2.55. The van der Waals surface area contributed by atoms with Gasteiger partial charge >= 0.3 is 23.1 Å². The van der Waals surface area contributed by atoms with Crippen molar-refractivity contribution in [3.05, 3.63) is 0 Å². The summed E-state index contributed by atoms with van der Waals surface area (Å²) in [5.41, 5.74) is 19.0. The van der Waals surface area contributed by atoms with Gasteiger partial charge in [-0.2, -0.15) is 0 Å². The van der Waals surface area contributed by atoms with Crippen LogP contribution in [0.1, 0.15) is 12.8 Å². The zero-order valence-corrected chi connectivity index (χ0v) is 11.4. The fourth-order valence-corrected chi connectivity index (χ4v) is 0.600. The summed E-state index contributed by atoms with van der Waals surface area (Å²) >= 11 is 0. The van der Waals surface area contributed by atoms with Crippen LogP contribution >= 0.6 is 0 Å². The standard InChI is InChI=1S/2C4H8N2O3.Mg/c2*5-2(4(8)9)1-3(6)7;/h2*2H,1,5H2,(H2,6,7)(H,8,9);/q;;+2/p-2/t2*2-;/m00./s1. The van der Waals surface area contributed by atoms with Gasteiger partial charge in [0.05, 0.1) is 24.0 Å². The molecule has 11 heteroatoms. The van der Waals surface area contributed by atoms with Crippen molar-refractivity contribution in [1.29, 1.82) is 0 Å². The number of carbonyl (C=O) groups excluding carboxylic acids is 4. The van der Waals surface area contributed by atoms with Crippen LogP contribution in [0.4, 0.5) is 0 Å². The molecule has 0 aliphatic carbocycles. The first-order valence-corrected chi connectivity index (χ1v) is 4.57. The van der Waals surface area contributed by atoms with Gasteiger partial charge in [-0.3, -0.25) is 9.59 Å². The molecular weight excluding hydrogens is 272 g/mol. The van der Waals surface area contributed by atoms with Gasteiger partial charge in [-0.25, -0.2) is 0 Å². The van der Waals surface area contributed by atoms with Gasteiger partial charge in [0, 0.05) is 12.8 Å². The maximum atomic E-state index is 9.97. The molecule has 0 fully saturated rings. The fraction of sp³-hybridized carbons (Fsp3) is 0.500. The Balaban J connectivity index is -0.000000256. The Morgan fingerprint density at radius 3 is 1.05 bits per heavy atom. The van der Waals surface area contributed by atoms with E-state index in [0.717, 1.165) is 0 Å². The van der Waals surface area contributed by atoms with Gasteiger partial charge in [-0.05, 0) is 0 Å². The Hall–Kier alpha value is -1.43. The molecule has 0 heterocycles. The van der Waals surface area contributed by atoms with Crippen LogP contribution in [0.2, 0.25) is 0 Å². The molecule has 0 radical (unpaired) electrons. The Labute approximate surface area is 124 Å². The molecule has 0 saturated carbocycles.